The van der Waals surface area contributed by atoms with Crippen molar-refractivity contribution < 1.29 is 14.3 Å². The number of carbonyl (C=O) groups is 1. The second-order valence-electron chi connectivity index (χ2n) is 10.4. The molecule has 2 aliphatic heterocycles. The van der Waals surface area contributed by atoms with Gasteiger partial charge in [-0.1, -0.05) is 61.5 Å². The minimum absolute atomic E-state index is 0.142. The Balaban J connectivity index is 1.43. The van der Waals surface area contributed by atoms with Gasteiger partial charge < -0.3 is 19.2 Å². The van der Waals surface area contributed by atoms with Crippen LogP contribution in [0.15, 0.2) is 78.9 Å². The monoisotopic (exact) mass is 509 g/mol. The normalized spacial score (nSPS) is 19.1. The molecule has 4 heteroatoms. The van der Waals surface area contributed by atoms with Crippen molar-refractivity contribution in [1.29, 1.82) is 0 Å². The molecule has 2 aliphatic rings. The van der Waals surface area contributed by atoms with Gasteiger partial charge in [-0.25, -0.2) is 0 Å². The number of hydrogen-bond donors (Lipinski definition) is 0. The van der Waals surface area contributed by atoms with Crippen molar-refractivity contribution in [2.45, 2.75) is 58.2 Å². The van der Waals surface area contributed by atoms with Crippen LogP contribution in [0.5, 0.6) is 5.75 Å². The molecule has 0 saturated carbocycles. The summed E-state index contributed by atoms with van der Waals surface area (Å²) in [4.78, 5) is 13.4. The molecule has 2 heterocycles. The fraction of sp³-hybridized carbons (Fsp3) is 0.382. The van der Waals surface area contributed by atoms with Crippen molar-refractivity contribution in [3.63, 3.8) is 0 Å². The van der Waals surface area contributed by atoms with Crippen LogP contribution in [0, 0.1) is 5.92 Å². The molecule has 0 radical (unpaired) electrons. The number of hydrogen-bond acceptors (Lipinski definition) is 4. The van der Waals surface area contributed by atoms with Gasteiger partial charge in [0.05, 0.1) is 6.61 Å². The summed E-state index contributed by atoms with van der Waals surface area (Å²) in [5.74, 6) is 1.39. The molecule has 5 rings (SSSR count). The molecule has 0 N–H and O–H groups in total. The summed E-state index contributed by atoms with van der Waals surface area (Å²) in [7, 11) is 0. The summed E-state index contributed by atoms with van der Waals surface area (Å²) < 4.78 is 11.9. The number of carbonyl (C=O) groups excluding carboxylic acids is 1. The van der Waals surface area contributed by atoms with E-state index in [4.69, 9.17) is 9.47 Å². The van der Waals surface area contributed by atoms with E-state index >= 15 is 0 Å². The zero-order valence-electron chi connectivity index (χ0n) is 22.5. The number of nitrogens with zero attached hydrogens (tertiary/aromatic N) is 1. The second-order valence-corrected chi connectivity index (χ2v) is 10.4. The number of ether oxygens (including phenoxy) is 2. The predicted octanol–water partition coefficient (Wildman–Crippen LogP) is 7.77. The van der Waals surface area contributed by atoms with E-state index in [2.05, 4.69) is 90.7 Å². The molecule has 0 spiro atoms. The molecule has 198 valence electrons. The summed E-state index contributed by atoms with van der Waals surface area (Å²) in [5, 5.41) is 0. The molecule has 0 bridgehead atoms. The lowest BCUT2D eigenvalue weighted by Crippen LogP contribution is -2.33. The zero-order chi connectivity index (χ0) is 26.2. The lowest BCUT2D eigenvalue weighted by molar-refractivity contribution is -0.108. The van der Waals surface area contributed by atoms with Crippen LogP contribution in [0.3, 0.4) is 0 Å². The van der Waals surface area contributed by atoms with Crippen LogP contribution in [-0.2, 0) is 9.53 Å². The zero-order valence-corrected chi connectivity index (χ0v) is 22.5. The Bertz CT molecular complexity index is 1190. The standard InChI is InChI=1S/C34H39NO3/c1-2-32(27-8-4-3-5-9-27)34(29-13-17-31(18-14-29)38-33-10-6-7-25-37-33)28-11-15-30(16-12-28)35-22-19-26(20-23-35)21-24-36/h3-5,8-9,11-18,24,26,33H,2,6-7,10,19-23,25H2,1H3/b34-32+. The molecule has 38 heavy (non-hydrogen) atoms. The summed E-state index contributed by atoms with van der Waals surface area (Å²) in [6, 6.07) is 28.2. The van der Waals surface area contributed by atoms with Gasteiger partial charge >= 0.3 is 0 Å². The lowest BCUT2D eigenvalue weighted by atomic mass is 9.88. The van der Waals surface area contributed by atoms with Crippen LogP contribution < -0.4 is 9.64 Å². The van der Waals surface area contributed by atoms with Crippen LogP contribution in [0.4, 0.5) is 5.69 Å². The minimum Gasteiger partial charge on any atom is -0.465 e. The van der Waals surface area contributed by atoms with E-state index in [1.54, 1.807) is 0 Å². The average molecular weight is 510 g/mol. The molecule has 1 atom stereocenters. The maximum atomic E-state index is 10.9. The molecule has 2 saturated heterocycles. The van der Waals surface area contributed by atoms with Gasteiger partial charge in [0.15, 0.2) is 6.29 Å². The fourth-order valence-corrected chi connectivity index (χ4v) is 5.74. The first-order chi connectivity index (χ1) is 18.7. The molecule has 1 unspecified atom stereocenters. The Morgan fingerprint density at radius 3 is 2.16 bits per heavy atom. The van der Waals surface area contributed by atoms with Crippen LogP contribution in [0.25, 0.3) is 11.1 Å². The quantitative estimate of drug-likeness (QED) is 0.218. The summed E-state index contributed by atoms with van der Waals surface area (Å²) >= 11 is 0. The van der Waals surface area contributed by atoms with Gasteiger partial charge in [0, 0.05) is 31.6 Å². The maximum absolute atomic E-state index is 10.9. The van der Waals surface area contributed by atoms with E-state index in [0.29, 0.717) is 12.3 Å². The van der Waals surface area contributed by atoms with Gasteiger partial charge in [-0.3, -0.25) is 0 Å². The molecule has 0 aliphatic carbocycles. The molecule has 3 aromatic rings. The number of rotatable bonds is 9. The number of allylic oxidation sites excluding steroid dienone is 1. The summed E-state index contributed by atoms with van der Waals surface area (Å²) in [5.41, 5.74) is 7.50. The third kappa shape index (κ3) is 6.36. The highest BCUT2D eigenvalue weighted by Crippen LogP contribution is 2.36. The van der Waals surface area contributed by atoms with Gasteiger partial charge in [-0.2, -0.15) is 0 Å². The Labute approximate surface area is 227 Å². The third-order valence-electron chi connectivity index (χ3n) is 7.89. The Kier molecular flexibility index (Phi) is 8.93. The predicted molar refractivity (Wildman–Crippen MR) is 155 cm³/mol. The first-order valence-electron chi connectivity index (χ1n) is 14.2. The molecule has 0 amide bonds. The molecule has 4 nitrogen and oxygen atoms in total. The largest absolute Gasteiger partial charge is 0.465 e. The maximum Gasteiger partial charge on any atom is 0.199 e. The van der Waals surface area contributed by atoms with Crippen LogP contribution in [0.1, 0.15) is 68.6 Å². The van der Waals surface area contributed by atoms with Gasteiger partial charge in [0.2, 0.25) is 0 Å². The SMILES string of the molecule is CC/C(=C(\c1ccc(OC2CCCCO2)cc1)c1ccc(N2CCC(CC=O)CC2)cc1)c1ccccc1. The molecular weight excluding hydrogens is 470 g/mol. The highest BCUT2D eigenvalue weighted by atomic mass is 16.7. The van der Waals surface area contributed by atoms with Crippen molar-refractivity contribution >= 4 is 23.1 Å². The topological polar surface area (TPSA) is 38.8 Å². The van der Waals surface area contributed by atoms with Crippen LogP contribution >= 0.6 is 0 Å². The molecule has 0 aromatic heterocycles. The van der Waals surface area contributed by atoms with Crippen molar-refractivity contribution in [1.82, 2.24) is 0 Å². The van der Waals surface area contributed by atoms with Crippen molar-refractivity contribution in [3.8, 4) is 5.75 Å². The highest BCUT2D eigenvalue weighted by molar-refractivity contribution is 5.98. The van der Waals surface area contributed by atoms with E-state index in [9.17, 15) is 4.79 Å². The first kappa shape index (κ1) is 26.2. The van der Waals surface area contributed by atoms with E-state index in [0.717, 1.165) is 70.3 Å². The number of piperidine rings is 1. The van der Waals surface area contributed by atoms with Gasteiger partial charge in [-0.05, 0) is 90.1 Å². The van der Waals surface area contributed by atoms with E-state index in [-0.39, 0.29) is 6.29 Å². The van der Waals surface area contributed by atoms with E-state index in [1.165, 1.54) is 33.5 Å². The van der Waals surface area contributed by atoms with E-state index in [1.807, 2.05) is 0 Å². The summed E-state index contributed by atoms with van der Waals surface area (Å²) in [6.45, 7) is 5.03. The van der Waals surface area contributed by atoms with Crippen molar-refractivity contribution in [2.24, 2.45) is 5.92 Å². The number of aldehydes is 1. The van der Waals surface area contributed by atoms with Crippen LogP contribution in [0.2, 0.25) is 0 Å². The summed E-state index contributed by atoms with van der Waals surface area (Å²) in [6.07, 6.45) is 7.93. The van der Waals surface area contributed by atoms with Crippen LogP contribution in [-0.4, -0.2) is 32.3 Å². The van der Waals surface area contributed by atoms with E-state index < -0.39 is 0 Å². The molecule has 3 aromatic carbocycles. The average Bonchev–Trinajstić information content (AvgIpc) is 2.98. The number of anilines is 1. The molecule has 2 fully saturated rings. The van der Waals surface area contributed by atoms with Gasteiger partial charge in [0.25, 0.3) is 0 Å². The first-order valence-corrected chi connectivity index (χ1v) is 14.2. The Morgan fingerprint density at radius 2 is 1.55 bits per heavy atom. The number of benzene rings is 3. The molecular formula is C34H39NO3. The van der Waals surface area contributed by atoms with Gasteiger partial charge in [-0.15, -0.1) is 0 Å². The van der Waals surface area contributed by atoms with Gasteiger partial charge in [0.1, 0.15) is 12.0 Å². The second kappa shape index (κ2) is 12.9. The van der Waals surface area contributed by atoms with Crippen molar-refractivity contribution in [3.05, 3.63) is 95.6 Å². The lowest BCUT2D eigenvalue weighted by Gasteiger charge is -2.33. The minimum atomic E-state index is -0.142. The fourth-order valence-electron chi connectivity index (χ4n) is 5.74. The highest BCUT2D eigenvalue weighted by Gasteiger charge is 2.20. The van der Waals surface area contributed by atoms with Crippen molar-refractivity contribution in [2.75, 3.05) is 24.6 Å². The smallest absolute Gasteiger partial charge is 0.199 e. The third-order valence-corrected chi connectivity index (χ3v) is 7.89. The Hall–Kier alpha value is -3.37. The Morgan fingerprint density at radius 1 is 0.868 bits per heavy atom.